The van der Waals surface area contributed by atoms with Gasteiger partial charge >= 0.3 is 0 Å². The van der Waals surface area contributed by atoms with Crippen molar-refractivity contribution in [1.29, 1.82) is 5.41 Å². The van der Waals surface area contributed by atoms with Crippen molar-refractivity contribution in [3.63, 3.8) is 0 Å². The highest BCUT2D eigenvalue weighted by Crippen LogP contribution is 2.27. The van der Waals surface area contributed by atoms with Gasteiger partial charge in [0.25, 0.3) is 5.91 Å². The summed E-state index contributed by atoms with van der Waals surface area (Å²) in [5.74, 6) is 0.358. The lowest BCUT2D eigenvalue weighted by Gasteiger charge is -2.20. The molecular weight excluding hydrogens is 394 g/mol. The molecular formula is C23H21N5O3. The van der Waals surface area contributed by atoms with Gasteiger partial charge in [-0.3, -0.25) is 14.5 Å². The Morgan fingerprint density at radius 1 is 1.13 bits per heavy atom. The summed E-state index contributed by atoms with van der Waals surface area (Å²) in [6.45, 7) is 0.412. The monoisotopic (exact) mass is 415 g/mol. The van der Waals surface area contributed by atoms with E-state index in [0.717, 1.165) is 0 Å². The van der Waals surface area contributed by atoms with Crippen molar-refractivity contribution in [1.82, 2.24) is 20.1 Å². The third-order valence-corrected chi connectivity index (χ3v) is 4.80. The van der Waals surface area contributed by atoms with Crippen LogP contribution in [0.4, 0.5) is 0 Å². The standard InChI is InChI=1S/C23H21N5O3/c24-19(16-5-3-10-25-14-16)13-20(18-6-1-2-7-21(18)29)27-23(30)22-9-8-17(31-22)15-28-12-4-11-26-28/h1-12,14,20,24,29H,13,15H2,(H,27,30). The van der Waals surface area contributed by atoms with Gasteiger partial charge in [-0.05, 0) is 30.3 Å². The molecule has 3 aromatic heterocycles. The second-order valence-corrected chi connectivity index (χ2v) is 6.98. The lowest BCUT2D eigenvalue weighted by molar-refractivity contribution is 0.0907. The number of furan rings is 1. The zero-order chi connectivity index (χ0) is 21.6. The van der Waals surface area contributed by atoms with Gasteiger partial charge in [-0.25, -0.2) is 0 Å². The fourth-order valence-corrected chi connectivity index (χ4v) is 3.25. The number of carbonyl (C=O) groups is 1. The summed E-state index contributed by atoms with van der Waals surface area (Å²) in [7, 11) is 0. The van der Waals surface area contributed by atoms with Crippen LogP contribution in [-0.4, -0.2) is 31.5 Å². The molecule has 4 rings (SSSR count). The fourth-order valence-electron chi connectivity index (χ4n) is 3.25. The summed E-state index contributed by atoms with van der Waals surface area (Å²) in [5.41, 5.74) is 1.46. The summed E-state index contributed by atoms with van der Waals surface area (Å²) in [5, 5.41) is 25.8. The number of aromatic hydroxyl groups is 1. The van der Waals surface area contributed by atoms with Gasteiger partial charge in [-0.15, -0.1) is 0 Å². The predicted molar refractivity (Wildman–Crippen MR) is 114 cm³/mol. The molecule has 4 aromatic rings. The van der Waals surface area contributed by atoms with Gasteiger partial charge in [0.15, 0.2) is 5.76 Å². The van der Waals surface area contributed by atoms with Crippen LogP contribution in [0.5, 0.6) is 5.75 Å². The van der Waals surface area contributed by atoms with Crippen LogP contribution in [0.2, 0.25) is 0 Å². The van der Waals surface area contributed by atoms with Gasteiger partial charge in [-0.2, -0.15) is 5.10 Å². The first-order valence-electron chi connectivity index (χ1n) is 9.73. The molecule has 0 aliphatic carbocycles. The summed E-state index contributed by atoms with van der Waals surface area (Å²) in [4.78, 5) is 16.9. The second-order valence-electron chi connectivity index (χ2n) is 6.98. The van der Waals surface area contributed by atoms with Crippen molar-refractivity contribution in [2.24, 2.45) is 0 Å². The number of nitrogens with zero attached hydrogens (tertiary/aromatic N) is 3. The summed E-state index contributed by atoms with van der Waals surface area (Å²) in [6.07, 6.45) is 6.89. The van der Waals surface area contributed by atoms with Crippen LogP contribution < -0.4 is 5.32 Å². The molecule has 31 heavy (non-hydrogen) atoms. The van der Waals surface area contributed by atoms with E-state index < -0.39 is 11.9 Å². The zero-order valence-corrected chi connectivity index (χ0v) is 16.6. The normalized spacial score (nSPS) is 11.7. The van der Waals surface area contributed by atoms with Crippen LogP contribution in [0.15, 0.2) is 83.8 Å². The van der Waals surface area contributed by atoms with Crippen molar-refractivity contribution in [2.45, 2.75) is 19.0 Å². The molecule has 3 heterocycles. The summed E-state index contributed by atoms with van der Waals surface area (Å²) in [6, 6.07) is 14.8. The molecule has 0 saturated carbocycles. The lowest BCUT2D eigenvalue weighted by Crippen LogP contribution is -2.30. The van der Waals surface area contributed by atoms with Gasteiger partial charge < -0.3 is 20.2 Å². The molecule has 1 amide bonds. The SMILES string of the molecule is N=C(CC(NC(=O)c1ccc(Cn2cccn2)o1)c1ccccc1O)c1cccnc1. The van der Waals surface area contributed by atoms with Crippen molar-refractivity contribution >= 4 is 11.6 Å². The van der Waals surface area contributed by atoms with Crippen LogP contribution >= 0.6 is 0 Å². The largest absolute Gasteiger partial charge is 0.508 e. The Labute approximate surface area is 178 Å². The van der Waals surface area contributed by atoms with E-state index >= 15 is 0 Å². The van der Waals surface area contributed by atoms with Crippen LogP contribution in [0.25, 0.3) is 0 Å². The minimum atomic E-state index is -0.624. The minimum Gasteiger partial charge on any atom is -0.508 e. The number of benzene rings is 1. The number of phenols is 1. The van der Waals surface area contributed by atoms with Gasteiger partial charge in [0.05, 0.1) is 12.6 Å². The smallest absolute Gasteiger partial charge is 0.287 e. The van der Waals surface area contributed by atoms with Crippen LogP contribution in [-0.2, 0) is 6.54 Å². The van der Waals surface area contributed by atoms with Crippen molar-refractivity contribution in [2.75, 3.05) is 0 Å². The third-order valence-electron chi connectivity index (χ3n) is 4.80. The molecule has 0 bridgehead atoms. The Kier molecular flexibility index (Phi) is 5.89. The minimum absolute atomic E-state index is 0.0469. The van der Waals surface area contributed by atoms with Gasteiger partial charge in [0, 0.05) is 48.0 Å². The molecule has 0 radical (unpaired) electrons. The first-order chi connectivity index (χ1) is 15.1. The van der Waals surface area contributed by atoms with Crippen molar-refractivity contribution in [3.05, 3.63) is 102 Å². The highest BCUT2D eigenvalue weighted by molar-refractivity contribution is 5.99. The van der Waals surface area contributed by atoms with Gasteiger partial charge in [0.2, 0.25) is 0 Å². The van der Waals surface area contributed by atoms with Crippen LogP contribution in [0.3, 0.4) is 0 Å². The topological polar surface area (TPSA) is 117 Å². The Hall–Kier alpha value is -4.20. The molecule has 8 heteroatoms. The second kappa shape index (κ2) is 9.08. The van der Waals surface area contributed by atoms with E-state index in [9.17, 15) is 9.90 Å². The van der Waals surface area contributed by atoms with E-state index in [1.165, 1.54) is 0 Å². The lowest BCUT2D eigenvalue weighted by atomic mass is 9.97. The molecule has 0 aliphatic heterocycles. The number of hydrogen-bond donors (Lipinski definition) is 3. The number of phenolic OH excluding ortho intramolecular Hbond substituents is 1. The summed E-state index contributed by atoms with van der Waals surface area (Å²) >= 11 is 0. The summed E-state index contributed by atoms with van der Waals surface area (Å²) < 4.78 is 7.37. The number of pyridine rings is 1. The molecule has 0 fully saturated rings. The van der Waals surface area contributed by atoms with Crippen molar-refractivity contribution in [3.8, 4) is 5.75 Å². The van der Waals surface area contributed by atoms with Gasteiger partial charge in [-0.1, -0.05) is 24.3 Å². The number of rotatable bonds is 8. The first-order valence-corrected chi connectivity index (χ1v) is 9.73. The molecule has 0 spiro atoms. The number of carbonyl (C=O) groups excluding carboxylic acids is 1. The van der Waals surface area contributed by atoms with E-state index in [1.54, 1.807) is 78.0 Å². The molecule has 3 N–H and O–H groups in total. The first kappa shape index (κ1) is 20.1. The highest BCUT2D eigenvalue weighted by Gasteiger charge is 2.22. The van der Waals surface area contributed by atoms with Crippen LogP contribution in [0, 0.1) is 5.41 Å². The fraction of sp³-hybridized carbons (Fsp3) is 0.130. The molecule has 156 valence electrons. The molecule has 1 aromatic carbocycles. The molecule has 1 atom stereocenters. The van der Waals surface area contributed by atoms with Gasteiger partial charge in [0.1, 0.15) is 11.5 Å². The number of hydrogen-bond acceptors (Lipinski definition) is 6. The predicted octanol–water partition coefficient (Wildman–Crippen LogP) is 3.55. The molecule has 0 saturated heterocycles. The Morgan fingerprint density at radius 3 is 2.74 bits per heavy atom. The van der Waals surface area contributed by atoms with E-state index in [1.807, 2.05) is 6.07 Å². The third kappa shape index (κ3) is 4.87. The highest BCUT2D eigenvalue weighted by atomic mass is 16.4. The maximum absolute atomic E-state index is 12.9. The number of amides is 1. The molecule has 0 aliphatic rings. The van der Waals surface area contributed by atoms with Crippen molar-refractivity contribution < 1.29 is 14.3 Å². The van der Waals surface area contributed by atoms with E-state index in [2.05, 4.69) is 15.4 Å². The van der Waals surface area contributed by atoms with E-state index in [-0.39, 0.29) is 17.9 Å². The zero-order valence-electron chi connectivity index (χ0n) is 16.6. The molecule has 8 nitrogen and oxygen atoms in total. The Balaban J connectivity index is 1.53. The quantitative estimate of drug-likeness (QED) is 0.381. The average molecular weight is 415 g/mol. The maximum atomic E-state index is 12.9. The Morgan fingerprint density at radius 2 is 2.00 bits per heavy atom. The average Bonchev–Trinajstić information content (AvgIpc) is 3.47. The maximum Gasteiger partial charge on any atom is 0.287 e. The molecule has 1 unspecified atom stereocenters. The van der Waals surface area contributed by atoms with E-state index in [0.29, 0.717) is 29.1 Å². The number of para-hydroxylation sites is 1. The van der Waals surface area contributed by atoms with E-state index in [4.69, 9.17) is 9.83 Å². The Bertz CT molecular complexity index is 1170. The number of aromatic nitrogens is 3. The number of nitrogens with one attached hydrogen (secondary N) is 2. The van der Waals surface area contributed by atoms with Crippen LogP contribution in [0.1, 0.15) is 39.9 Å².